The molecule has 0 N–H and O–H groups in total. The van der Waals surface area contributed by atoms with E-state index in [1.54, 1.807) is 0 Å². The van der Waals surface area contributed by atoms with Crippen molar-refractivity contribution in [2.24, 2.45) is 0 Å². The van der Waals surface area contributed by atoms with Crippen LogP contribution < -0.4 is 0 Å². The lowest BCUT2D eigenvalue weighted by Gasteiger charge is -2.12. The van der Waals surface area contributed by atoms with Gasteiger partial charge in [-0.05, 0) is 36.5 Å². The van der Waals surface area contributed by atoms with Crippen LogP contribution in [-0.4, -0.2) is 0 Å². The molecule has 0 bridgehead atoms. The summed E-state index contributed by atoms with van der Waals surface area (Å²) >= 11 is 0. The minimum Gasteiger partial charge on any atom is -0.0776 e. The van der Waals surface area contributed by atoms with E-state index in [-0.39, 0.29) is 23.7 Å². The standard InChI is InChI=1S/C11H16.2C2H6.3CH4.H2/c1-8(2)11-9(3)6-5-7-10(11)4;2*1-2;;;;/h5-8H,1-4H3;2*1-2H3;3*1H4;1H/i;;;;;;1+1. The van der Waals surface area contributed by atoms with Gasteiger partial charge in [0.25, 0.3) is 0 Å². The molecule has 0 atom stereocenters. The highest BCUT2D eigenvalue weighted by Crippen LogP contribution is 2.22. The third-order valence-electron chi connectivity index (χ3n) is 2.12. The predicted octanol–water partition coefficient (Wildman–Crippen LogP) is 7.63. The van der Waals surface area contributed by atoms with Gasteiger partial charge in [0.1, 0.15) is 0 Å². The smallest absolute Gasteiger partial charge is 0 e. The van der Waals surface area contributed by atoms with Gasteiger partial charge in [0.15, 0.2) is 0 Å². The van der Waals surface area contributed by atoms with Crippen molar-refractivity contribution >= 4 is 0 Å². The van der Waals surface area contributed by atoms with Crippen molar-refractivity contribution < 1.29 is 1.43 Å². The van der Waals surface area contributed by atoms with E-state index in [1.165, 1.54) is 16.7 Å². The molecule has 0 saturated heterocycles. The van der Waals surface area contributed by atoms with Crippen LogP contribution in [0.2, 0.25) is 0 Å². The quantitative estimate of drug-likeness (QED) is 0.486. The van der Waals surface area contributed by atoms with Crippen LogP contribution in [0.4, 0.5) is 0 Å². The van der Waals surface area contributed by atoms with E-state index in [9.17, 15) is 0 Å². The molecule has 0 amide bonds. The van der Waals surface area contributed by atoms with Crippen LogP contribution >= 0.6 is 0 Å². The first-order valence-corrected chi connectivity index (χ1v) is 6.19. The van der Waals surface area contributed by atoms with Crippen molar-refractivity contribution in [2.75, 3.05) is 0 Å². The molecule has 0 radical (unpaired) electrons. The van der Waals surface area contributed by atoms with E-state index < -0.39 is 0 Å². The van der Waals surface area contributed by atoms with Crippen LogP contribution in [0, 0.1) is 13.8 Å². The Labute approximate surface area is 120 Å². The molecular formula is C18H42. The maximum absolute atomic E-state index is 2.25. The Kier molecular flexibility index (Phi) is 31.3. The summed E-state index contributed by atoms with van der Waals surface area (Å²) in [6.45, 7) is 16.9. The summed E-state index contributed by atoms with van der Waals surface area (Å²) in [6.07, 6.45) is 0. The third kappa shape index (κ3) is 10.4. The first-order chi connectivity index (χ1) is 7.13. The zero-order valence-corrected chi connectivity index (χ0v) is 11.8. The Hall–Kier alpha value is -0.780. The molecule has 0 spiro atoms. The third-order valence-corrected chi connectivity index (χ3v) is 2.12. The molecule has 0 heteroatoms. The van der Waals surface area contributed by atoms with Crippen LogP contribution in [0.3, 0.4) is 0 Å². The first-order valence-electron chi connectivity index (χ1n) is 6.19. The number of aryl methyl sites for hydroxylation is 2. The largest absolute Gasteiger partial charge is 0.0776 e. The van der Waals surface area contributed by atoms with Gasteiger partial charge >= 0.3 is 0 Å². The lowest BCUT2D eigenvalue weighted by molar-refractivity contribution is 0.846. The van der Waals surface area contributed by atoms with E-state index in [0.29, 0.717) is 5.92 Å². The number of rotatable bonds is 1. The molecule has 0 aliphatic heterocycles. The molecule has 0 saturated carbocycles. The molecule has 0 aliphatic rings. The van der Waals surface area contributed by atoms with Gasteiger partial charge in [-0.1, -0.05) is 82.0 Å². The normalized spacial score (nSPS) is 7.17. The number of benzene rings is 1. The highest BCUT2D eigenvalue weighted by molar-refractivity contribution is 5.35. The van der Waals surface area contributed by atoms with Gasteiger partial charge in [-0.2, -0.15) is 0 Å². The Morgan fingerprint density at radius 3 is 1.22 bits per heavy atom. The summed E-state index contributed by atoms with van der Waals surface area (Å²) < 4.78 is 0. The second-order valence-corrected chi connectivity index (χ2v) is 3.46. The zero-order chi connectivity index (χ0) is 12.4. The second kappa shape index (κ2) is 18.6. The molecule has 0 aromatic heterocycles. The van der Waals surface area contributed by atoms with Gasteiger partial charge in [-0.3, -0.25) is 0 Å². The van der Waals surface area contributed by atoms with Crippen molar-refractivity contribution in [3.8, 4) is 0 Å². The Morgan fingerprint density at radius 2 is 1.06 bits per heavy atom. The van der Waals surface area contributed by atoms with Crippen LogP contribution in [0.5, 0.6) is 0 Å². The fourth-order valence-electron chi connectivity index (χ4n) is 1.74. The van der Waals surface area contributed by atoms with Gasteiger partial charge in [-0.15, -0.1) is 0 Å². The van der Waals surface area contributed by atoms with Crippen molar-refractivity contribution in [3.05, 3.63) is 34.9 Å². The molecule has 0 aliphatic carbocycles. The lowest BCUT2D eigenvalue weighted by atomic mass is 9.94. The van der Waals surface area contributed by atoms with Gasteiger partial charge in [-0.25, -0.2) is 0 Å². The summed E-state index contributed by atoms with van der Waals surface area (Å²) in [4.78, 5) is 0. The molecule has 0 fully saturated rings. The molecule has 0 nitrogen and oxygen atoms in total. The minimum absolute atomic E-state index is 0. The molecule has 114 valence electrons. The van der Waals surface area contributed by atoms with E-state index >= 15 is 0 Å². The Bertz CT molecular complexity index is 232. The highest BCUT2D eigenvalue weighted by Gasteiger charge is 2.04. The van der Waals surface area contributed by atoms with Gasteiger partial charge in [0, 0.05) is 1.43 Å². The summed E-state index contributed by atoms with van der Waals surface area (Å²) in [5.41, 5.74) is 4.34. The van der Waals surface area contributed by atoms with Gasteiger partial charge in [0.05, 0.1) is 0 Å². The summed E-state index contributed by atoms with van der Waals surface area (Å²) in [5.74, 6) is 0.649. The second-order valence-electron chi connectivity index (χ2n) is 3.46. The molecule has 1 aromatic carbocycles. The average molecular weight is 260 g/mol. The van der Waals surface area contributed by atoms with Crippen LogP contribution in [-0.2, 0) is 0 Å². The topological polar surface area (TPSA) is 0 Å². The molecular weight excluding hydrogens is 216 g/mol. The number of hydrogen-bond donors (Lipinski definition) is 0. The van der Waals surface area contributed by atoms with Crippen LogP contribution in [0.25, 0.3) is 0 Å². The first kappa shape index (κ1) is 30.3. The number of hydrogen-bond acceptors (Lipinski definition) is 0. The molecule has 18 heavy (non-hydrogen) atoms. The van der Waals surface area contributed by atoms with Crippen molar-refractivity contribution in [2.45, 2.75) is 83.6 Å². The average Bonchev–Trinajstić information content (AvgIpc) is 2.23. The Morgan fingerprint density at radius 1 is 0.778 bits per heavy atom. The van der Waals surface area contributed by atoms with Gasteiger partial charge < -0.3 is 0 Å². The fraction of sp³-hybridized carbons (Fsp3) is 0.667. The van der Waals surface area contributed by atoms with Crippen molar-refractivity contribution in [1.29, 1.82) is 0 Å². The monoisotopic (exact) mass is 259 g/mol. The molecule has 1 rings (SSSR count). The lowest BCUT2D eigenvalue weighted by Crippen LogP contribution is -1.94. The molecule has 1 aromatic rings. The van der Waals surface area contributed by atoms with E-state index in [4.69, 9.17) is 0 Å². The van der Waals surface area contributed by atoms with E-state index in [2.05, 4.69) is 45.9 Å². The minimum atomic E-state index is 0. The highest BCUT2D eigenvalue weighted by atomic mass is 14.1. The molecule has 0 unspecified atom stereocenters. The van der Waals surface area contributed by atoms with E-state index in [1.807, 2.05) is 27.7 Å². The summed E-state index contributed by atoms with van der Waals surface area (Å²) in [6, 6.07) is 6.49. The maximum atomic E-state index is 2.25. The predicted molar refractivity (Wildman–Crippen MR) is 95.0 cm³/mol. The van der Waals surface area contributed by atoms with Crippen LogP contribution in [0.1, 0.15) is 87.9 Å². The van der Waals surface area contributed by atoms with E-state index in [0.717, 1.165) is 0 Å². The zero-order valence-electron chi connectivity index (χ0n) is 11.8. The Balaban J connectivity index is -0.0000000485. The van der Waals surface area contributed by atoms with Crippen LogP contribution in [0.15, 0.2) is 18.2 Å². The summed E-state index contributed by atoms with van der Waals surface area (Å²) in [5, 5.41) is 0. The molecule has 0 heterocycles. The van der Waals surface area contributed by atoms with Gasteiger partial charge in [0.2, 0.25) is 0 Å². The van der Waals surface area contributed by atoms with Crippen molar-refractivity contribution in [1.82, 2.24) is 0 Å². The fourth-order valence-corrected chi connectivity index (χ4v) is 1.74. The summed E-state index contributed by atoms with van der Waals surface area (Å²) in [7, 11) is 0. The maximum Gasteiger partial charge on any atom is 0 e. The SMILES string of the molecule is C.C.C.CC.CC.Cc1cccc(C)c1C(C)C.[2HH]. The van der Waals surface area contributed by atoms with Crippen molar-refractivity contribution in [3.63, 3.8) is 0 Å².